The molecule has 0 aliphatic carbocycles. The maximum atomic E-state index is 11.9. The SMILES string of the molecule is CCc1ccc(N(C)C(=O)CC(N)CC)cc1. The minimum absolute atomic E-state index is 0.0418. The summed E-state index contributed by atoms with van der Waals surface area (Å²) < 4.78 is 0. The quantitative estimate of drug-likeness (QED) is 0.850. The summed E-state index contributed by atoms with van der Waals surface area (Å²) in [6.45, 7) is 4.11. The van der Waals surface area contributed by atoms with Gasteiger partial charge in [0.15, 0.2) is 0 Å². The molecule has 0 bridgehead atoms. The van der Waals surface area contributed by atoms with Crippen LogP contribution in [-0.2, 0) is 11.2 Å². The Balaban J connectivity index is 2.67. The molecule has 0 aliphatic rings. The maximum Gasteiger partial charge on any atom is 0.228 e. The van der Waals surface area contributed by atoms with E-state index >= 15 is 0 Å². The van der Waals surface area contributed by atoms with Gasteiger partial charge in [0, 0.05) is 25.2 Å². The summed E-state index contributed by atoms with van der Waals surface area (Å²) in [6.07, 6.45) is 2.25. The molecule has 17 heavy (non-hydrogen) atoms. The molecular formula is C14H22N2O. The van der Waals surface area contributed by atoms with Gasteiger partial charge in [-0.1, -0.05) is 26.0 Å². The summed E-state index contributed by atoms with van der Waals surface area (Å²) in [6, 6.07) is 8.03. The van der Waals surface area contributed by atoms with E-state index in [1.807, 2.05) is 19.1 Å². The van der Waals surface area contributed by atoms with E-state index in [1.54, 1.807) is 11.9 Å². The Hall–Kier alpha value is -1.35. The van der Waals surface area contributed by atoms with Crippen LogP contribution in [0, 0.1) is 0 Å². The van der Waals surface area contributed by atoms with Crippen LogP contribution in [0.1, 0.15) is 32.3 Å². The highest BCUT2D eigenvalue weighted by Gasteiger charge is 2.13. The Labute approximate surface area is 104 Å². The van der Waals surface area contributed by atoms with Gasteiger partial charge in [-0.15, -0.1) is 0 Å². The highest BCUT2D eigenvalue weighted by atomic mass is 16.2. The van der Waals surface area contributed by atoms with Crippen molar-refractivity contribution in [3.05, 3.63) is 29.8 Å². The van der Waals surface area contributed by atoms with Gasteiger partial charge in [-0.05, 0) is 30.5 Å². The number of benzene rings is 1. The lowest BCUT2D eigenvalue weighted by atomic mass is 10.1. The number of nitrogens with zero attached hydrogens (tertiary/aromatic N) is 1. The molecule has 3 nitrogen and oxygen atoms in total. The summed E-state index contributed by atoms with van der Waals surface area (Å²) >= 11 is 0. The van der Waals surface area contributed by atoms with Gasteiger partial charge in [-0.3, -0.25) is 4.79 Å². The molecule has 1 amide bonds. The van der Waals surface area contributed by atoms with Crippen molar-refractivity contribution in [3.8, 4) is 0 Å². The van der Waals surface area contributed by atoms with Gasteiger partial charge >= 0.3 is 0 Å². The lowest BCUT2D eigenvalue weighted by Crippen LogP contribution is -2.32. The van der Waals surface area contributed by atoms with E-state index in [1.165, 1.54) is 5.56 Å². The third kappa shape index (κ3) is 3.86. The number of anilines is 1. The monoisotopic (exact) mass is 234 g/mol. The maximum absolute atomic E-state index is 11.9. The minimum atomic E-state index is -0.0418. The highest BCUT2D eigenvalue weighted by Crippen LogP contribution is 2.15. The van der Waals surface area contributed by atoms with Crippen LogP contribution in [0.25, 0.3) is 0 Å². The molecule has 0 saturated carbocycles. The summed E-state index contributed by atoms with van der Waals surface area (Å²) in [5.74, 6) is 0.0728. The second kappa shape index (κ2) is 6.40. The Bertz CT molecular complexity index is 359. The van der Waals surface area contributed by atoms with Crippen LogP contribution >= 0.6 is 0 Å². The van der Waals surface area contributed by atoms with Crippen LogP contribution in [-0.4, -0.2) is 19.0 Å². The van der Waals surface area contributed by atoms with E-state index < -0.39 is 0 Å². The standard InChI is InChI=1S/C14H22N2O/c1-4-11-6-8-13(9-7-11)16(3)14(17)10-12(15)5-2/h6-9,12H,4-5,10,15H2,1-3H3. The summed E-state index contributed by atoms with van der Waals surface area (Å²) in [7, 11) is 1.80. The highest BCUT2D eigenvalue weighted by molar-refractivity contribution is 5.93. The van der Waals surface area contributed by atoms with Gasteiger partial charge in [0.1, 0.15) is 0 Å². The number of nitrogens with two attached hydrogens (primary N) is 1. The molecule has 94 valence electrons. The van der Waals surface area contributed by atoms with Gasteiger partial charge in [0.2, 0.25) is 5.91 Å². The Kier molecular flexibility index (Phi) is 5.16. The fourth-order valence-electron chi connectivity index (χ4n) is 1.60. The van der Waals surface area contributed by atoms with Gasteiger partial charge < -0.3 is 10.6 Å². The van der Waals surface area contributed by atoms with Crippen LogP contribution < -0.4 is 10.6 Å². The lowest BCUT2D eigenvalue weighted by molar-refractivity contribution is -0.118. The number of hydrogen-bond acceptors (Lipinski definition) is 2. The average Bonchev–Trinajstić information content (AvgIpc) is 2.37. The molecule has 1 rings (SSSR count). The zero-order valence-electron chi connectivity index (χ0n) is 10.9. The first kappa shape index (κ1) is 13.7. The predicted octanol–water partition coefficient (Wildman–Crippen LogP) is 2.34. The van der Waals surface area contributed by atoms with Crippen LogP contribution in [0.15, 0.2) is 24.3 Å². The Morgan fingerprint density at radius 1 is 1.29 bits per heavy atom. The molecule has 3 heteroatoms. The second-order valence-corrected chi connectivity index (χ2v) is 4.35. The van der Waals surface area contributed by atoms with Crippen molar-refractivity contribution in [2.24, 2.45) is 5.73 Å². The number of rotatable bonds is 5. The topological polar surface area (TPSA) is 46.3 Å². The number of amides is 1. The minimum Gasteiger partial charge on any atom is -0.327 e. The molecule has 0 aromatic heterocycles. The van der Waals surface area contributed by atoms with Crippen molar-refractivity contribution in [1.29, 1.82) is 0 Å². The second-order valence-electron chi connectivity index (χ2n) is 4.35. The third-order valence-electron chi connectivity index (χ3n) is 3.07. The summed E-state index contributed by atoms with van der Waals surface area (Å²) in [5.41, 5.74) is 7.99. The van der Waals surface area contributed by atoms with Crippen molar-refractivity contribution in [2.75, 3.05) is 11.9 Å². The third-order valence-corrected chi connectivity index (χ3v) is 3.07. The van der Waals surface area contributed by atoms with E-state index in [-0.39, 0.29) is 11.9 Å². The number of carbonyl (C=O) groups is 1. The molecule has 0 radical (unpaired) electrons. The van der Waals surface area contributed by atoms with Gasteiger partial charge in [-0.2, -0.15) is 0 Å². The van der Waals surface area contributed by atoms with Crippen LogP contribution in [0.5, 0.6) is 0 Å². The molecule has 0 spiro atoms. The number of carbonyl (C=O) groups excluding carboxylic acids is 1. The van der Waals surface area contributed by atoms with Crippen molar-refractivity contribution < 1.29 is 4.79 Å². The van der Waals surface area contributed by atoms with Gasteiger partial charge in [0.05, 0.1) is 0 Å². The first-order valence-corrected chi connectivity index (χ1v) is 6.19. The number of hydrogen-bond donors (Lipinski definition) is 1. The first-order valence-electron chi connectivity index (χ1n) is 6.19. The Morgan fingerprint density at radius 2 is 1.88 bits per heavy atom. The molecule has 0 aliphatic heterocycles. The molecule has 2 N–H and O–H groups in total. The van der Waals surface area contributed by atoms with E-state index in [4.69, 9.17) is 5.73 Å². The first-order chi connectivity index (χ1) is 8.08. The number of aryl methyl sites for hydroxylation is 1. The smallest absolute Gasteiger partial charge is 0.228 e. The average molecular weight is 234 g/mol. The van der Waals surface area contributed by atoms with Crippen LogP contribution in [0.2, 0.25) is 0 Å². The van der Waals surface area contributed by atoms with E-state index in [9.17, 15) is 4.79 Å². The van der Waals surface area contributed by atoms with E-state index in [2.05, 4.69) is 19.1 Å². The fraction of sp³-hybridized carbons (Fsp3) is 0.500. The molecule has 1 aromatic carbocycles. The molecular weight excluding hydrogens is 212 g/mol. The zero-order valence-corrected chi connectivity index (χ0v) is 10.9. The van der Waals surface area contributed by atoms with Crippen molar-refractivity contribution >= 4 is 11.6 Å². The molecule has 0 heterocycles. The van der Waals surface area contributed by atoms with Crippen molar-refractivity contribution in [2.45, 2.75) is 39.2 Å². The largest absolute Gasteiger partial charge is 0.327 e. The van der Waals surface area contributed by atoms with Crippen LogP contribution in [0.4, 0.5) is 5.69 Å². The Morgan fingerprint density at radius 3 is 2.35 bits per heavy atom. The van der Waals surface area contributed by atoms with Crippen LogP contribution in [0.3, 0.4) is 0 Å². The molecule has 0 fully saturated rings. The summed E-state index contributed by atoms with van der Waals surface area (Å²) in [4.78, 5) is 13.6. The van der Waals surface area contributed by atoms with Gasteiger partial charge in [-0.25, -0.2) is 0 Å². The van der Waals surface area contributed by atoms with E-state index in [0.29, 0.717) is 6.42 Å². The predicted molar refractivity (Wildman–Crippen MR) is 72.1 cm³/mol. The molecule has 1 aromatic rings. The van der Waals surface area contributed by atoms with Crippen molar-refractivity contribution in [1.82, 2.24) is 0 Å². The molecule has 1 unspecified atom stereocenters. The van der Waals surface area contributed by atoms with Crippen molar-refractivity contribution in [3.63, 3.8) is 0 Å². The summed E-state index contributed by atoms with van der Waals surface area (Å²) in [5, 5.41) is 0. The van der Waals surface area contributed by atoms with Gasteiger partial charge in [0.25, 0.3) is 0 Å². The zero-order chi connectivity index (χ0) is 12.8. The van der Waals surface area contributed by atoms with E-state index in [0.717, 1.165) is 18.5 Å². The molecule has 0 saturated heterocycles. The molecule has 1 atom stereocenters. The lowest BCUT2D eigenvalue weighted by Gasteiger charge is -2.19. The fourth-order valence-corrected chi connectivity index (χ4v) is 1.60. The normalized spacial score (nSPS) is 12.2.